The topological polar surface area (TPSA) is 55.1 Å². The largest absolute Gasteiger partial charge is 0.352 e. The van der Waals surface area contributed by atoms with Gasteiger partial charge in [0.1, 0.15) is 11.6 Å². The third kappa shape index (κ3) is 5.65. The van der Waals surface area contributed by atoms with Gasteiger partial charge in [0.05, 0.1) is 0 Å². The predicted molar refractivity (Wildman–Crippen MR) is 74.8 cm³/mol. The van der Waals surface area contributed by atoms with E-state index in [1.54, 1.807) is 0 Å². The maximum atomic E-state index is 13.4. The molecule has 0 aromatic heterocycles. The van der Waals surface area contributed by atoms with Crippen molar-refractivity contribution >= 4 is 5.91 Å². The van der Waals surface area contributed by atoms with Crippen molar-refractivity contribution in [3.63, 3.8) is 0 Å². The first-order valence-electron chi connectivity index (χ1n) is 6.83. The summed E-state index contributed by atoms with van der Waals surface area (Å²) in [7, 11) is 0. The van der Waals surface area contributed by atoms with E-state index in [0.717, 1.165) is 12.5 Å². The van der Waals surface area contributed by atoms with Gasteiger partial charge in [-0.05, 0) is 30.9 Å². The number of hydrogen-bond acceptors (Lipinski definition) is 2. The van der Waals surface area contributed by atoms with Crippen molar-refractivity contribution in [2.24, 2.45) is 17.6 Å². The van der Waals surface area contributed by atoms with Gasteiger partial charge in [-0.2, -0.15) is 0 Å². The summed E-state index contributed by atoms with van der Waals surface area (Å²) >= 11 is 0. The number of carbonyl (C=O) groups is 1. The van der Waals surface area contributed by atoms with Crippen LogP contribution in [-0.2, 0) is 11.3 Å². The summed E-state index contributed by atoms with van der Waals surface area (Å²) in [4.78, 5) is 11.8. The highest BCUT2D eigenvalue weighted by atomic mass is 19.1. The van der Waals surface area contributed by atoms with E-state index in [2.05, 4.69) is 19.2 Å². The summed E-state index contributed by atoms with van der Waals surface area (Å²) in [5.74, 6) is -0.829. The zero-order chi connectivity index (χ0) is 15.1. The number of benzene rings is 1. The van der Waals surface area contributed by atoms with Crippen molar-refractivity contribution in [2.45, 2.75) is 33.2 Å². The molecular formula is C15H22F2N2O. The van der Waals surface area contributed by atoms with Crippen LogP contribution in [0.3, 0.4) is 0 Å². The van der Waals surface area contributed by atoms with Gasteiger partial charge < -0.3 is 11.1 Å². The highest BCUT2D eigenvalue weighted by molar-refractivity contribution is 5.76. The molecule has 0 bridgehead atoms. The van der Waals surface area contributed by atoms with Gasteiger partial charge in [0.25, 0.3) is 0 Å². The molecule has 20 heavy (non-hydrogen) atoms. The van der Waals surface area contributed by atoms with Gasteiger partial charge in [-0.3, -0.25) is 4.79 Å². The Morgan fingerprint density at radius 2 is 2.05 bits per heavy atom. The minimum absolute atomic E-state index is 0.0594. The Kier molecular flexibility index (Phi) is 6.58. The van der Waals surface area contributed by atoms with Crippen molar-refractivity contribution in [3.05, 3.63) is 35.4 Å². The molecule has 0 spiro atoms. The normalized spacial score (nSPS) is 12.5. The highest BCUT2D eigenvalue weighted by Gasteiger charge is 2.14. The van der Waals surface area contributed by atoms with Crippen molar-refractivity contribution in [1.29, 1.82) is 0 Å². The molecule has 0 aliphatic rings. The van der Waals surface area contributed by atoms with Gasteiger partial charge in [0, 0.05) is 24.6 Å². The molecule has 0 aliphatic heterocycles. The van der Waals surface area contributed by atoms with Crippen LogP contribution in [0.1, 0.15) is 32.3 Å². The van der Waals surface area contributed by atoms with Crippen molar-refractivity contribution in [2.75, 3.05) is 6.54 Å². The summed E-state index contributed by atoms with van der Waals surface area (Å²) in [5, 5.41) is 2.64. The second-order valence-corrected chi connectivity index (χ2v) is 5.45. The molecule has 3 nitrogen and oxygen atoms in total. The van der Waals surface area contributed by atoms with E-state index in [0.29, 0.717) is 18.9 Å². The van der Waals surface area contributed by atoms with E-state index in [9.17, 15) is 13.6 Å². The summed E-state index contributed by atoms with van der Waals surface area (Å²) in [6.07, 6.45) is 1.21. The molecule has 1 rings (SSSR count). The Hall–Kier alpha value is -1.49. The molecule has 5 heteroatoms. The highest BCUT2D eigenvalue weighted by Crippen LogP contribution is 2.14. The fourth-order valence-electron chi connectivity index (χ4n) is 2.12. The van der Waals surface area contributed by atoms with Gasteiger partial charge in [-0.1, -0.05) is 19.9 Å². The van der Waals surface area contributed by atoms with E-state index in [-0.39, 0.29) is 23.9 Å². The molecule has 1 amide bonds. The number of halogens is 2. The zero-order valence-electron chi connectivity index (χ0n) is 12.0. The number of carbonyl (C=O) groups excluding carboxylic acids is 1. The minimum Gasteiger partial charge on any atom is -0.352 e. The summed E-state index contributed by atoms with van der Waals surface area (Å²) in [5.41, 5.74) is 5.91. The molecule has 1 aromatic carbocycles. The molecule has 1 atom stereocenters. The molecule has 0 heterocycles. The Balaban J connectivity index is 2.46. The van der Waals surface area contributed by atoms with Gasteiger partial charge in [-0.15, -0.1) is 0 Å². The van der Waals surface area contributed by atoms with Crippen molar-refractivity contribution in [3.8, 4) is 0 Å². The first kappa shape index (κ1) is 16.6. The summed E-state index contributed by atoms with van der Waals surface area (Å²) in [6, 6.07) is 3.31. The quantitative estimate of drug-likeness (QED) is 0.808. The molecule has 0 saturated carbocycles. The second-order valence-electron chi connectivity index (χ2n) is 5.45. The molecule has 0 aliphatic carbocycles. The van der Waals surface area contributed by atoms with Gasteiger partial charge in [0.2, 0.25) is 5.91 Å². The van der Waals surface area contributed by atoms with Gasteiger partial charge >= 0.3 is 0 Å². The lowest BCUT2D eigenvalue weighted by atomic mass is 9.94. The molecule has 0 saturated heterocycles. The predicted octanol–water partition coefficient (Wildman–Crippen LogP) is 2.59. The van der Waals surface area contributed by atoms with Crippen molar-refractivity contribution < 1.29 is 13.6 Å². The molecular weight excluding hydrogens is 262 g/mol. The lowest BCUT2D eigenvalue weighted by molar-refractivity contribution is -0.122. The minimum atomic E-state index is -0.650. The standard InChI is InChI=1S/C15H22F2N2O/c1-10(2)5-11(8-18)6-15(20)19-9-12-3-4-13(16)7-14(12)17/h3-4,7,10-11H,5-6,8-9,18H2,1-2H3,(H,19,20). The van der Waals surface area contributed by atoms with Crippen LogP contribution in [0.4, 0.5) is 8.78 Å². The van der Waals surface area contributed by atoms with Crippen LogP contribution in [-0.4, -0.2) is 12.5 Å². The Morgan fingerprint density at radius 1 is 1.35 bits per heavy atom. The molecule has 1 aromatic rings. The van der Waals surface area contributed by atoms with Crippen molar-refractivity contribution in [1.82, 2.24) is 5.32 Å². The number of hydrogen-bond donors (Lipinski definition) is 2. The van der Waals surface area contributed by atoms with Crippen LogP contribution in [0.2, 0.25) is 0 Å². The Bertz CT molecular complexity index is 449. The van der Waals surface area contributed by atoms with Crippen LogP contribution < -0.4 is 11.1 Å². The second kappa shape index (κ2) is 7.94. The van der Waals surface area contributed by atoms with E-state index >= 15 is 0 Å². The average Bonchev–Trinajstić information content (AvgIpc) is 2.36. The van der Waals surface area contributed by atoms with Crippen LogP contribution >= 0.6 is 0 Å². The first-order valence-corrected chi connectivity index (χ1v) is 6.83. The molecule has 1 unspecified atom stereocenters. The molecule has 112 valence electrons. The number of amides is 1. The maximum absolute atomic E-state index is 13.4. The van der Waals surface area contributed by atoms with Gasteiger partial charge in [-0.25, -0.2) is 8.78 Å². The van der Waals surface area contributed by atoms with E-state index in [4.69, 9.17) is 5.73 Å². The lowest BCUT2D eigenvalue weighted by Crippen LogP contribution is -2.28. The third-order valence-electron chi connectivity index (χ3n) is 3.10. The average molecular weight is 284 g/mol. The molecule has 3 N–H and O–H groups in total. The van der Waals surface area contributed by atoms with E-state index < -0.39 is 11.6 Å². The van der Waals surface area contributed by atoms with Gasteiger partial charge in [0.15, 0.2) is 0 Å². The van der Waals surface area contributed by atoms with E-state index in [1.165, 1.54) is 12.1 Å². The number of nitrogens with two attached hydrogens (primary N) is 1. The summed E-state index contributed by atoms with van der Waals surface area (Å²) in [6.45, 7) is 4.67. The van der Waals surface area contributed by atoms with Crippen LogP contribution in [0.15, 0.2) is 18.2 Å². The fraction of sp³-hybridized carbons (Fsp3) is 0.533. The SMILES string of the molecule is CC(C)CC(CN)CC(=O)NCc1ccc(F)cc1F. The monoisotopic (exact) mass is 284 g/mol. The third-order valence-corrected chi connectivity index (χ3v) is 3.10. The summed E-state index contributed by atoms with van der Waals surface area (Å²) < 4.78 is 26.1. The molecule has 0 radical (unpaired) electrons. The fourth-order valence-corrected chi connectivity index (χ4v) is 2.12. The molecule has 0 fully saturated rings. The van der Waals surface area contributed by atoms with Crippen LogP contribution in [0.5, 0.6) is 0 Å². The Morgan fingerprint density at radius 3 is 2.60 bits per heavy atom. The number of rotatable bonds is 7. The van der Waals surface area contributed by atoms with Crippen LogP contribution in [0.25, 0.3) is 0 Å². The van der Waals surface area contributed by atoms with E-state index in [1.807, 2.05) is 0 Å². The Labute approximate surface area is 118 Å². The van der Waals surface area contributed by atoms with Crippen LogP contribution in [0, 0.1) is 23.5 Å². The number of nitrogens with one attached hydrogen (secondary N) is 1. The lowest BCUT2D eigenvalue weighted by Gasteiger charge is -2.16. The zero-order valence-corrected chi connectivity index (χ0v) is 12.0. The maximum Gasteiger partial charge on any atom is 0.220 e. The smallest absolute Gasteiger partial charge is 0.220 e. The first-order chi connectivity index (χ1) is 9.42.